The topological polar surface area (TPSA) is 114 Å². The molecule has 24 heavy (non-hydrogen) atoms. The van der Waals surface area contributed by atoms with Gasteiger partial charge in [-0.05, 0) is 32.1 Å². The van der Waals surface area contributed by atoms with Crippen LogP contribution >= 0.6 is 0 Å². The lowest BCUT2D eigenvalue weighted by molar-refractivity contribution is -0.130. The first-order valence-corrected chi connectivity index (χ1v) is 8.11. The lowest BCUT2D eigenvalue weighted by Gasteiger charge is -2.29. The minimum Gasteiger partial charge on any atom is -0.453 e. The molecule has 0 aliphatic carbocycles. The molecule has 0 spiro atoms. The molecule has 0 bridgehead atoms. The fraction of sp³-hybridized carbons (Fsp3) is 0.750. The molecule has 0 radical (unpaired) electrons. The van der Waals surface area contributed by atoms with Crippen molar-refractivity contribution in [3.05, 3.63) is 0 Å². The maximum absolute atomic E-state index is 12.5. The highest BCUT2D eigenvalue weighted by Crippen LogP contribution is 2.22. The lowest BCUT2D eigenvalue weighted by atomic mass is 9.88. The number of rotatable bonds is 8. The molecule has 3 amide bonds. The third-order valence-electron chi connectivity index (χ3n) is 4.00. The second-order valence-corrected chi connectivity index (χ2v) is 6.82. The van der Waals surface area contributed by atoms with Gasteiger partial charge in [-0.3, -0.25) is 9.59 Å². The third-order valence-corrected chi connectivity index (χ3v) is 4.00. The molecule has 1 heterocycles. The molecule has 1 fully saturated rings. The van der Waals surface area contributed by atoms with E-state index in [0.717, 1.165) is 0 Å². The molecular formula is C16H27N3O5. The normalized spacial score (nSPS) is 20.7. The maximum atomic E-state index is 12.5. The van der Waals surface area contributed by atoms with Gasteiger partial charge in [-0.1, -0.05) is 13.8 Å². The van der Waals surface area contributed by atoms with Crippen molar-refractivity contribution in [2.45, 2.75) is 51.6 Å². The number of aldehydes is 1. The van der Waals surface area contributed by atoms with Gasteiger partial charge in [-0.2, -0.15) is 0 Å². The quantitative estimate of drug-likeness (QED) is 0.552. The summed E-state index contributed by atoms with van der Waals surface area (Å²) in [5, 5.41) is 7.86. The molecule has 3 atom stereocenters. The van der Waals surface area contributed by atoms with Crippen molar-refractivity contribution in [1.29, 1.82) is 0 Å². The van der Waals surface area contributed by atoms with Crippen molar-refractivity contribution in [3.8, 4) is 0 Å². The number of alkyl carbamates (subject to hydrolysis) is 1. The second-order valence-electron chi connectivity index (χ2n) is 6.82. The van der Waals surface area contributed by atoms with Crippen LogP contribution in [0.5, 0.6) is 0 Å². The van der Waals surface area contributed by atoms with Crippen molar-refractivity contribution in [3.63, 3.8) is 0 Å². The Labute approximate surface area is 142 Å². The van der Waals surface area contributed by atoms with Crippen LogP contribution in [-0.4, -0.2) is 49.4 Å². The number of amides is 3. The van der Waals surface area contributed by atoms with E-state index >= 15 is 0 Å². The standard InChI is InChI=1S/C16H27N3O5/c1-10(2)7-12(18-15(23)24-4)14(22)19-16(3,9-20)8-11-5-6-17-13(11)21/h9-12H,5-8H2,1-4H3,(H,17,21)(H,18,23)(H,19,22)/t11?,12-,16?/m0/s1. The molecule has 0 aromatic rings. The Morgan fingerprint density at radius 1 is 1.46 bits per heavy atom. The lowest BCUT2D eigenvalue weighted by Crippen LogP contribution is -2.56. The van der Waals surface area contributed by atoms with E-state index in [1.807, 2.05) is 13.8 Å². The predicted octanol–water partition coefficient (Wildman–Crippen LogP) is 0.357. The minimum absolute atomic E-state index is 0.108. The van der Waals surface area contributed by atoms with Gasteiger partial charge < -0.3 is 25.5 Å². The van der Waals surface area contributed by atoms with Crippen LogP contribution < -0.4 is 16.0 Å². The van der Waals surface area contributed by atoms with Gasteiger partial charge in [0.25, 0.3) is 0 Å². The Balaban J connectivity index is 2.78. The van der Waals surface area contributed by atoms with Crippen molar-refractivity contribution in [1.82, 2.24) is 16.0 Å². The van der Waals surface area contributed by atoms with E-state index in [0.29, 0.717) is 25.7 Å². The number of methoxy groups -OCH3 is 1. The summed E-state index contributed by atoms with van der Waals surface area (Å²) in [5.41, 5.74) is -1.17. The largest absolute Gasteiger partial charge is 0.453 e. The van der Waals surface area contributed by atoms with Crippen LogP contribution in [0.15, 0.2) is 0 Å². The maximum Gasteiger partial charge on any atom is 0.407 e. The Hall–Kier alpha value is -2.12. The molecule has 8 nitrogen and oxygen atoms in total. The van der Waals surface area contributed by atoms with Crippen LogP contribution in [-0.2, 0) is 19.1 Å². The molecule has 0 aromatic carbocycles. The third kappa shape index (κ3) is 5.82. The van der Waals surface area contributed by atoms with Gasteiger partial charge in [-0.15, -0.1) is 0 Å². The minimum atomic E-state index is -1.17. The number of hydrogen-bond donors (Lipinski definition) is 3. The van der Waals surface area contributed by atoms with Crippen molar-refractivity contribution >= 4 is 24.2 Å². The molecule has 2 unspecified atom stereocenters. The molecule has 1 aliphatic rings. The van der Waals surface area contributed by atoms with Gasteiger partial charge in [0.05, 0.1) is 12.6 Å². The van der Waals surface area contributed by atoms with Crippen LogP contribution in [0.2, 0.25) is 0 Å². The average Bonchev–Trinajstić information content (AvgIpc) is 2.90. The van der Waals surface area contributed by atoms with E-state index in [1.165, 1.54) is 7.11 Å². The summed E-state index contributed by atoms with van der Waals surface area (Å²) in [6, 6.07) is -0.811. The number of carbonyl (C=O) groups excluding carboxylic acids is 4. The average molecular weight is 341 g/mol. The van der Waals surface area contributed by atoms with Gasteiger partial charge in [-0.25, -0.2) is 4.79 Å². The molecule has 0 aromatic heterocycles. The molecular weight excluding hydrogens is 314 g/mol. The second kappa shape index (κ2) is 8.65. The van der Waals surface area contributed by atoms with Crippen LogP contribution in [0.1, 0.15) is 40.0 Å². The Morgan fingerprint density at radius 2 is 2.12 bits per heavy atom. The van der Waals surface area contributed by atoms with E-state index in [-0.39, 0.29) is 24.2 Å². The first-order chi connectivity index (χ1) is 11.2. The van der Waals surface area contributed by atoms with Crippen molar-refractivity contribution in [2.75, 3.05) is 13.7 Å². The van der Waals surface area contributed by atoms with Crippen LogP contribution in [0.4, 0.5) is 4.79 Å². The fourth-order valence-corrected chi connectivity index (χ4v) is 2.75. The van der Waals surface area contributed by atoms with Gasteiger partial charge in [0.15, 0.2) is 0 Å². The van der Waals surface area contributed by atoms with Crippen LogP contribution in [0, 0.1) is 11.8 Å². The van der Waals surface area contributed by atoms with Gasteiger partial charge in [0.2, 0.25) is 11.8 Å². The summed E-state index contributed by atoms with van der Waals surface area (Å²) < 4.78 is 4.54. The summed E-state index contributed by atoms with van der Waals surface area (Å²) in [5.74, 6) is -0.732. The van der Waals surface area contributed by atoms with Gasteiger partial charge in [0, 0.05) is 12.5 Å². The zero-order valence-electron chi connectivity index (χ0n) is 14.7. The van der Waals surface area contributed by atoms with Crippen molar-refractivity contribution < 1.29 is 23.9 Å². The van der Waals surface area contributed by atoms with Crippen LogP contribution in [0.25, 0.3) is 0 Å². The van der Waals surface area contributed by atoms with E-state index in [4.69, 9.17) is 0 Å². The van der Waals surface area contributed by atoms with E-state index < -0.39 is 23.6 Å². The van der Waals surface area contributed by atoms with Gasteiger partial charge >= 0.3 is 6.09 Å². The molecule has 0 saturated carbocycles. The molecule has 136 valence electrons. The first kappa shape index (κ1) is 19.9. The zero-order chi connectivity index (χ0) is 18.3. The highest BCUT2D eigenvalue weighted by Gasteiger charge is 2.36. The summed E-state index contributed by atoms with van der Waals surface area (Å²) in [6.07, 6.45) is 1.19. The highest BCUT2D eigenvalue weighted by molar-refractivity contribution is 5.89. The smallest absolute Gasteiger partial charge is 0.407 e. The monoisotopic (exact) mass is 341 g/mol. The van der Waals surface area contributed by atoms with E-state index in [2.05, 4.69) is 20.7 Å². The first-order valence-electron chi connectivity index (χ1n) is 8.11. The predicted molar refractivity (Wildman–Crippen MR) is 87.1 cm³/mol. The number of ether oxygens (including phenoxy) is 1. The highest BCUT2D eigenvalue weighted by atomic mass is 16.5. The summed E-state index contributed by atoms with van der Waals surface area (Å²) in [7, 11) is 1.22. The summed E-state index contributed by atoms with van der Waals surface area (Å²) >= 11 is 0. The zero-order valence-corrected chi connectivity index (χ0v) is 14.7. The van der Waals surface area contributed by atoms with E-state index in [1.54, 1.807) is 6.92 Å². The number of hydrogen-bond acceptors (Lipinski definition) is 5. The Kier molecular flexibility index (Phi) is 7.18. The number of carbonyl (C=O) groups is 4. The van der Waals surface area contributed by atoms with E-state index in [9.17, 15) is 19.2 Å². The summed E-state index contributed by atoms with van der Waals surface area (Å²) in [6.45, 7) is 5.99. The van der Waals surface area contributed by atoms with Crippen LogP contribution in [0.3, 0.4) is 0 Å². The molecule has 1 rings (SSSR count). The molecule has 8 heteroatoms. The number of nitrogens with one attached hydrogen (secondary N) is 3. The Morgan fingerprint density at radius 3 is 2.58 bits per heavy atom. The molecule has 1 aliphatic heterocycles. The fourth-order valence-electron chi connectivity index (χ4n) is 2.75. The molecule has 1 saturated heterocycles. The SMILES string of the molecule is COC(=O)N[C@@H](CC(C)C)C(=O)NC(C)(C=O)CC1CCNC1=O. The Bertz CT molecular complexity index is 494. The molecule has 3 N–H and O–H groups in total. The van der Waals surface area contributed by atoms with Crippen molar-refractivity contribution in [2.24, 2.45) is 11.8 Å². The van der Waals surface area contributed by atoms with Gasteiger partial charge in [0.1, 0.15) is 12.3 Å². The summed E-state index contributed by atoms with van der Waals surface area (Å²) in [4.78, 5) is 47.2.